The normalized spacial score (nSPS) is 10.7. The molecule has 0 aliphatic heterocycles. The number of amides is 1. The molecule has 4 heteroatoms. The van der Waals surface area contributed by atoms with Gasteiger partial charge in [0.1, 0.15) is 0 Å². The van der Waals surface area contributed by atoms with Crippen LogP contribution in [0, 0.1) is 6.92 Å². The van der Waals surface area contributed by atoms with E-state index in [2.05, 4.69) is 40.4 Å². The SMILES string of the molecule is Cc1cccc(CCC(=O)NCc2ccc3nccnc3c2)c1. The summed E-state index contributed by atoms with van der Waals surface area (Å²) in [5, 5.41) is 2.96. The van der Waals surface area contributed by atoms with Gasteiger partial charge in [0.2, 0.25) is 5.91 Å². The molecule has 0 saturated carbocycles. The molecule has 0 fully saturated rings. The smallest absolute Gasteiger partial charge is 0.220 e. The van der Waals surface area contributed by atoms with Gasteiger partial charge in [-0.05, 0) is 36.6 Å². The summed E-state index contributed by atoms with van der Waals surface area (Å²) in [4.78, 5) is 20.5. The minimum atomic E-state index is 0.0609. The van der Waals surface area contributed by atoms with Gasteiger partial charge in [-0.15, -0.1) is 0 Å². The third-order valence-electron chi connectivity index (χ3n) is 3.75. The molecule has 23 heavy (non-hydrogen) atoms. The first-order chi connectivity index (χ1) is 11.2. The van der Waals surface area contributed by atoms with E-state index in [1.165, 1.54) is 11.1 Å². The molecule has 3 rings (SSSR count). The molecule has 1 N–H and O–H groups in total. The van der Waals surface area contributed by atoms with Crippen LogP contribution in [0.4, 0.5) is 0 Å². The average Bonchev–Trinajstić information content (AvgIpc) is 2.58. The molecule has 1 heterocycles. The molecular weight excluding hydrogens is 286 g/mol. The molecule has 2 aromatic carbocycles. The molecule has 0 radical (unpaired) electrons. The molecule has 3 aromatic rings. The maximum atomic E-state index is 12.0. The van der Waals surface area contributed by atoms with E-state index in [0.717, 1.165) is 23.0 Å². The summed E-state index contributed by atoms with van der Waals surface area (Å²) in [6, 6.07) is 14.1. The van der Waals surface area contributed by atoms with E-state index in [1.807, 2.05) is 24.3 Å². The number of aromatic nitrogens is 2. The summed E-state index contributed by atoms with van der Waals surface area (Å²) >= 11 is 0. The van der Waals surface area contributed by atoms with Gasteiger partial charge in [-0.1, -0.05) is 35.9 Å². The van der Waals surface area contributed by atoms with Gasteiger partial charge in [0.25, 0.3) is 0 Å². The third-order valence-corrected chi connectivity index (χ3v) is 3.75. The Morgan fingerprint density at radius 1 is 1.00 bits per heavy atom. The van der Waals surface area contributed by atoms with Crippen molar-refractivity contribution in [2.24, 2.45) is 0 Å². The van der Waals surface area contributed by atoms with Crippen LogP contribution >= 0.6 is 0 Å². The van der Waals surface area contributed by atoms with Crippen LogP contribution in [0.1, 0.15) is 23.1 Å². The molecule has 116 valence electrons. The van der Waals surface area contributed by atoms with E-state index < -0.39 is 0 Å². The second kappa shape index (κ2) is 7.01. The van der Waals surface area contributed by atoms with Gasteiger partial charge in [-0.25, -0.2) is 0 Å². The predicted octanol–water partition coefficient (Wildman–Crippen LogP) is 3.19. The van der Waals surface area contributed by atoms with Crippen molar-refractivity contribution in [3.8, 4) is 0 Å². The van der Waals surface area contributed by atoms with Gasteiger partial charge in [0.05, 0.1) is 11.0 Å². The molecule has 0 aliphatic carbocycles. The highest BCUT2D eigenvalue weighted by molar-refractivity contribution is 5.77. The number of carbonyl (C=O) groups is 1. The summed E-state index contributed by atoms with van der Waals surface area (Å²) in [5.74, 6) is 0.0609. The van der Waals surface area contributed by atoms with Gasteiger partial charge in [0.15, 0.2) is 0 Å². The summed E-state index contributed by atoms with van der Waals surface area (Å²) in [6.45, 7) is 2.57. The molecule has 0 aliphatic rings. The molecule has 4 nitrogen and oxygen atoms in total. The second-order valence-corrected chi connectivity index (χ2v) is 5.65. The van der Waals surface area contributed by atoms with Crippen molar-refractivity contribution in [1.29, 1.82) is 0 Å². The first-order valence-electron chi connectivity index (χ1n) is 7.72. The summed E-state index contributed by atoms with van der Waals surface area (Å²) in [5.41, 5.74) is 5.16. The largest absolute Gasteiger partial charge is 0.352 e. The zero-order chi connectivity index (χ0) is 16.1. The lowest BCUT2D eigenvalue weighted by atomic mass is 10.1. The Hall–Kier alpha value is -2.75. The number of nitrogens with zero attached hydrogens (tertiary/aromatic N) is 2. The molecule has 0 saturated heterocycles. The lowest BCUT2D eigenvalue weighted by Crippen LogP contribution is -2.23. The highest BCUT2D eigenvalue weighted by atomic mass is 16.1. The van der Waals surface area contributed by atoms with E-state index in [9.17, 15) is 4.79 Å². The van der Waals surface area contributed by atoms with Crippen LogP contribution in [0.15, 0.2) is 54.9 Å². The maximum Gasteiger partial charge on any atom is 0.220 e. The Labute approximate surface area is 135 Å². The maximum absolute atomic E-state index is 12.0. The molecule has 1 aromatic heterocycles. The molecule has 0 bridgehead atoms. The highest BCUT2D eigenvalue weighted by Crippen LogP contribution is 2.11. The van der Waals surface area contributed by atoms with E-state index >= 15 is 0 Å². The average molecular weight is 305 g/mol. The first kappa shape index (κ1) is 15.2. The van der Waals surface area contributed by atoms with Crippen molar-refractivity contribution in [2.45, 2.75) is 26.3 Å². The van der Waals surface area contributed by atoms with Crippen molar-refractivity contribution in [1.82, 2.24) is 15.3 Å². The number of benzene rings is 2. The van der Waals surface area contributed by atoms with E-state index in [1.54, 1.807) is 12.4 Å². The van der Waals surface area contributed by atoms with E-state index in [0.29, 0.717) is 13.0 Å². The van der Waals surface area contributed by atoms with Crippen LogP contribution in [-0.4, -0.2) is 15.9 Å². The van der Waals surface area contributed by atoms with Crippen molar-refractivity contribution in [2.75, 3.05) is 0 Å². The second-order valence-electron chi connectivity index (χ2n) is 5.65. The van der Waals surface area contributed by atoms with Crippen LogP contribution in [-0.2, 0) is 17.8 Å². The summed E-state index contributed by atoms with van der Waals surface area (Å²) in [7, 11) is 0. The van der Waals surface area contributed by atoms with Gasteiger partial charge < -0.3 is 5.32 Å². The van der Waals surface area contributed by atoms with Crippen LogP contribution in [0.5, 0.6) is 0 Å². The topological polar surface area (TPSA) is 54.9 Å². The predicted molar refractivity (Wildman–Crippen MR) is 90.9 cm³/mol. The Kier molecular flexibility index (Phi) is 4.62. The Balaban J connectivity index is 1.53. The zero-order valence-corrected chi connectivity index (χ0v) is 13.1. The van der Waals surface area contributed by atoms with Crippen LogP contribution in [0.25, 0.3) is 11.0 Å². The fourth-order valence-electron chi connectivity index (χ4n) is 2.53. The third kappa shape index (κ3) is 4.13. The molecule has 0 spiro atoms. The number of fused-ring (bicyclic) bond motifs is 1. The summed E-state index contributed by atoms with van der Waals surface area (Å²) in [6.07, 6.45) is 4.61. The standard InChI is InChI=1S/C19H19N3O/c1-14-3-2-4-15(11-14)6-8-19(23)22-13-16-5-7-17-18(12-16)21-10-9-20-17/h2-5,7,9-12H,6,8,13H2,1H3,(H,22,23). The quantitative estimate of drug-likeness (QED) is 0.787. The Bertz CT molecular complexity index is 829. The first-order valence-corrected chi connectivity index (χ1v) is 7.72. The number of aryl methyl sites for hydroxylation is 2. The van der Waals surface area contributed by atoms with Crippen molar-refractivity contribution in [3.63, 3.8) is 0 Å². The highest BCUT2D eigenvalue weighted by Gasteiger charge is 2.04. The molecule has 0 unspecified atom stereocenters. The molecule has 0 atom stereocenters. The molecule has 1 amide bonds. The van der Waals surface area contributed by atoms with E-state index in [4.69, 9.17) is 0 Å². The Morgan fingerprint density at radius 3 is 2.65 bits per heavy atom. The number of hydrogen-bond donors (Lipinski definition) is 1. The van der Waals surface area contributed by atoms with Crippen LogP contribution in [0.2, 0.25) is 0 Å². The van der Waals surface area contributed by atoms with Crippen molar-refractivity contribution >= 4 is 16.9 Å². The van der Waals surface area contributed by atoms with Crippen LogP contribution < -0.4 is 5.32 Å². The van der Waals surface area contributed by atoms with Crippen molar-refractivity contribution in [3.05, 3.63) is 71.5 Å². The molecular formula is C19H19N3O. The van der Waals surface area contributed by atoms with Crippen molar-refractivity contribution < 1.29 is 4.79 Å². The fourth-order valence-corrected chi connectivity index (χ4v) is 2.53. The number of hydrogen-bond acceptors (Lipinski definition) is 3. The lowest BCUT2D eigenvalue weighted by molar-refractivity contribution is -0.121. The minimum Gasteiger partial charge on any atom is -0.352 e. The zero-order valence-electron chi connectivity index (χ0n) is 13.1. The number of nitrogens with one attached hydrogen (secondary N) is 1. The monoisotopic (exact) mass is 305 g/mol. The summed E-state index contributed by atoms with van der Waals surface area (Å²) < 4.78 is 0. The van der Waals surface area contributed by atoms with Gasteiger partial charge in [-0.2, -0.15) is 0 Å². The lowest BCUT2D eigenvalue weighted by Gasteiger charge is -2.07. The van der Waals surface area contributed by atoms with Gasteiger partial charge >= 0.3 is 0 Å². The van der Waals surface area contributed by atoms with Crippen LogP contribution in [0.3, 0.4) is 0 Å². The van der Waals surface area contributed by atoms with E-state index in [-0.39, 0.29) is 5.91 Å². The Morgan fingerprint density at radius 2 is 1.83 bits per heavy atom. The minimum absolute atomic E-state index is 0.0609. The number of carbonyl (C=O) groups excluding carboxylic acids is 1. The van der Waals surface area contributed by atoms with Gasteiger partial charge in [0, 0.05) is 25.4 Å². The number of rotatable bonds is 5. The van der Waals surface area contributed by atoms with Gasteiger partial charge in [-0.3, -0.25) is 14.8 Å². The fraction of sp³-hybridized carbons (Fsp3) is 0.211.